The number of nitrogens with one attached hydrogen (secondary N) is 1. The number of ether oxygens (including phenoxy) is 1. The molecule has 2 atom stereocenters. The van der Waals surface area contributed by atoms with Crippen LogP contribution in [0.5, 0.6) is 5.75 Å². The van der Waals surface area contributed by atoms with Crippen molar-refractivity contribution in [3.63, 3.8) is 0 Å². The minimum atomic E-state index is -0.0658. The summed E-state index contributed by atoms with van der Waals surface area (Å²) in [5, 5.41) is 3.24. The molecule has 0 aromatic heterocycles. The number of hydrogen-bond donors (Lipinski definition) is 1. The number of carbonyl (C=O) groups excluding carboxylic acids is 1. The van der Waals surface area contributed by atoms with Crippen LogP contribution >= 0.6 is 11.8 Å². The molecule has 1 heterocycles. The summed E-state index contributed by atoms with van der Waals surface area (Å²) < 4.78 is 5.14. The third-order valence-electron chi connectivity index (χ3n) is 3.50. The van der Waals surface area contributed by atoms with Gasteiger partial charge >= 0.3 is 0 Å². The van der Waals surface area contributed by atoms with E-state index in [1.54, 1.807) is 18.9 Å². The summed E-state index contributed by atoms with van der Waals surface area (Å²) in [6.07, 6.45) is 0. The Morgan fingerprint density at radius 1 is 1.45 bits per heavy atom. The van der Waals surface area contributed by atoms with Crippen molar-refractivity contribution in [3.8, 4) is 5.75 Å². The molecule has 1 aliphatic rings. The number of nitrogens with zero attached hydrogens (tertiary/aromatic N) is 1. The van der Waals surface area contributed by atoms with Crippen molar-refractivity contribution >= 4 is 17.7 Å². The van der Waals surface area contributed by atoms with Crippen molar-refractivity contribution in [2.24, 2.45) is 0 Å². The van der Waals surface area contributed by atoms with Gasteiger partial charge in [-0.1, -0.05) is 0 Å². The molecule has 110 valence electrons. The van der Waals surface area contributed by atoms with Crippen LogP contribution in [0.3, 0.4) is 0 Å². The lowest BCUT2D eigenvalue weighted by Crippen LogP contribution is -2.54. The van der Waals surface area contributed by atoms with Crippen LogP contribution in [-0.4, -0.2) is 48.8 Å². The maximum absolute atomic E-state index is 12.5. The Balaban J connectivity index is 1.95. The van der Waals surface area contributed by atoms with Gasteiger partial charge in [0, 0.05) is 30.6 Å². The SMILES string of the molecule is COc1ccc(SC(C)C(=O)N2CCNCC2C)cc1. The zero-order valence-corrected chi connectivity index (χ0v) is 13.1. The van der Waals surface area contributed by atoms with E-state index < -0.39 is 0 Å². The molecule has 0 bridgehead atoms. The summed E-state index contributed by atoms with van der Waals surface area (Å²) in [4.78, 5) is 15.6. The molecule has 1 aromatic carbocycles. The van der Waals surface area contributed by atoms with Crippen LogP contribution in [0.15, 0.2) is 29.2 Å². The fourth-order valence-electron chi connectivity index (χ4n) is 2.31. The van der Waals surface area contributed by atoms with Gasteiger partial charge in [-0.25, -0.2) is 0 Å². The molecule has 0 radical (unpaired) electrons. The molecule has 1 amide bonds. The first-order valence-corrected chi connectivity index (χ1v) is 7.81. The van der Waals surface area contributed by atoms with Crippen LogP contribution in [0.25, 0.3) is 0 Å². The summed E-state index contributed by atoms with van der Waals surface area (Å²) in [6, 6.07) is 8.11. The van der Waals surface area contributed by atoms with Gasteiger partial charge in [-0.15, -0.1) is 11.8 Å². The molecule has 1 N–H and O–H groups in total. The summed E-state index contributed by atoms with van der Waals surface area (Å²) in [5.41, 5.74) is 0. The molecule has 20 heavy (non-hydrogen) atoms. The Kier molecular flexibility index (Phi) is 5.31. The average molecular weight is 294 g/mol. The summed E-state index contributed by atoms with van der Waals surface area (Å²) in [7, 11) is 1.65. The van der Waals surface area contributed by atoms with Crippen molar-refractivity contribution in [2.45, 2.75) is 30.0 Å². The number of benzene rings is 1. The Morgan fingerprint density at radius 2 is 2.15 bits per heavy atom. The Bertz CT molecular complexity index is 450. The number of thioether (sulfide) groups is 1. The Labute approximate surface area is 124 Å². The van der Waals surface area contributed by atoms with Gasteiger partial charge in [0.1, 0.15) is 5.75 Å². The number of methoxy groups -OCH3 is 1. The van der Waals surface area contributed by atoms with E-state index in [2.05, 4.69) is 12.2 Å². The van der Waals surface area contributed by atoms with Crippen LogP contribution in [0.2, 0.25) is 0 Å². The molecular formula is C15H22N2O2S. The number of amides is 1. The van der Waals surface area contributed by atoms with Gasteiger partial charge in [0.05, 0.1) is 12.4 Å². The highest BCUT2D eigenvalue weighted by Gasteiger charge is 2.27. The largest absolute Gasteiger partial charge is 0.497 e. The van der Waals surface area contributed by atoms with Crippen LogP contribution in [0.4, 0.5) is 0 Å². The molecule has 2 rings (SSSR count). The fourth-order valence-corrected chi connectivity index (χ4v) is 3.25. The summed E-state index contributed by atoms with van der Waals surface area (Å²) in [5.74, 6) is 1.06. The third-order valence-corrected chi connectivity index (χ3v) is 4.60. The Morgan fingerprint density at radius 3 is 2.75 bits per heavy atom. The molecule has 0 saturated carbocycles. The van der Waals surface area contributed by atoms with Crippen molar-refractivity contribution in [1.29, 1.82) is 0 Å². The second-order valence-electron chi connectivity index (χ2n) is 5.02. The molecule has 1 fully saturated rings. The lowest BCUT2D eigenvalue weighted by molar-refractivity contribution is -0.133. The molecular weight excluding hydrogens is 272 g/mol. The lowest BCUT2D eigenvalue weighted by Gasteiger charge is -2.35. The predicted octanol–water partition coefficient (Wildman–Crippen LogP) is 2.00. The average Bonchev–Trinajstić information content (AvgIpc) is 2.48. The number of rotatable bonds is 4. The molecule has 0 aliphatic carbocycles. The van der Waals surface area contributed by atoms with E-state index in [1.165, 1.54) is 0 Å². The van der Waals surface area contributed by atoms with Gasteiger partial charge in [-0.2, -0.15) is 0 Å². The molecule has 1 aliphatic heterocycles. The first kappa shape index (κ1) is 15.2. The highest BCUT2D eigenvalue weighted by molar-refractivity contribution is 8.00. The third kappa shape index (κ3) is 3.67. The van der Waals surface area contributed by atoms with Crippen molar-refractivity contribution in [2.75, 3.05) is 26.7 Å². The van der Waals surface area contributed by atoms with Gasteiger partial charge in [0.25, 0.3) is 0 Å². The van der Waals surface area contributed by atoms with Crippen LogP contribution < -0.4 is 10.1 Å². The van der Waals surface area contributed by atoms with Crippen LogP contribution in [0.1, 0.15) is 13.8 Å². The second kappa shape index (κ2) is 6.99. The number of hydrogen-bond acceptors (Lipinski definition) is 4. The van der Waals surface area contributed by atoms with Gasteiger partial charge < -0.3 is 15.0 Å². The number of piperazine rings is 1. The monoisotopic (exact) mass is 294 g/mol. The Hall–Kier alpha value is -1.20. The van der Waals surface area contributed by atoms with E-state index in [0.29, 0.717) is 0 Å². The zero-order valence-electron chi connectivity index (χ0n) is 12.3. The number of carbonyl (C=O) groups is 1. The highest BCUT2D eigenvalue weighted by atomic mass is 32.2. The molecule has 1 aromatic rings. The highest BCUT2D eigenvalue weighted by Crippen LogP contribution is 2.27. The standard InChI is InChI=1S/C15H22N2O2S/c1-11-10-16-8-9-17(11)15(18)12(2)20-14-6-4-13(19-3)5-7-14/h4-7,11-12,16H,8-10H2,1-3H3. The van der Waals surface area contributed by atoms with E-state index in [-0.39, 0.29) is 17.2 Å². The fraction of sp³-hybridized carbons (Fsp3) is 0.533. The molecule has 0 spiro atoms. The molecule has 5 heteroatoms. The normalized spacial score (nSPS) is 20.6. The van der Waals surface area contributed by atoms with Crippen molar-refractivity contribution < 1.29 is 9.53 Å². The molecule has 2 unspecified atom stereocenters. The van der Waals surface area contributed by atoms with Gasteiger partial charge in [0.15, 0.2) is 0 Å². The maximum Gasteiger partial charge on any atom is 0.236 e. The van der Waals surface area contributed by atoms with E-state index in [1.807, 2.05) is 36.1 Å². The molecule has 1 saturated heterocycles. The smallest absolute Gasteiger partial charge is 0.236 e. The van der Waals surface area contributed by atoms with Crippen LogP contribution in [-0.2, 0) is 4.79 Å². The minimum absolute atomic E-state index is 0.0658. The van der Waals surface area contributed by atoms with E-state index >= 15 is 0 Å². The summed E-state index contributed by atoms with van der Waals surface area (Å²) >= 11 is 1.60. The van der Waals surface area contributed by atoms with E-state index in [0.717, 1.165) is 30.3 Å². The zero-order chi connectivity index (χ0) is 14.5. The quantitative estimate of drug-likeness (QED) is 0.863. The predicted molar refractivity (Wildman–Crippen MR) is 82.4 cm³/mol. The van der Waals surface area contributed by atoms with Gasteiger partial charge in [0.2, 0.25) is 5.91 Å². The maximum atomic E-state index is 12.5. The van der Waals surface area contributed by atoms with Crippen molar-refractivity contribution in [3.05, 3.63) is 24.3 Å². The topological polar surface area (TPSA) is 41.6 Å². The van der Waals surface area contributed by atoms with Crippen molar-refractivity contribution in [1.82, 2.24) is 10.2 Å². The van der Waals surface area contributed by atoms with Gasteiger partial charge in [-0.3, -0.25) is 4.79 Å². The molecule has 4 nitrogen and oxygen atoms in total. The van der Waals surface area contributed by atoms with E-state index in [4.69, 9.17) is 4.74 Å². The first-order valence-electron chi connectivity index (χ1n) is 6.93. The lowest BCUT2D eigenvalue weighted by atomic mass is 10.2. The van der Waals surface area contributed by atoms with E-state index in [9.17, 15) is 4.79 Å². The second-order valence-corrected chi connectivity index (χ2v) is 6.43. The first-order chi connectivity index (χ1) is 9.61. The van der Waals surface area contributed by atoms with Gasteiger partial charge in [-0.05, 0) is 38.1 Å². The summed E-state index contributed by atoms with van der Waals surface area (Å²) in [6.45, 7) is 6.63. The van der Waals surface area contributed by atoms with Crippen LogP contribution in [0, 0.1) is 0 Å². The minimum Gasteiger partial charge on any atom is -0.497 e.